The second-order valence-electron chi connectivity index (χ2n) is 7.68. The number of aryl methyl sites for hydroxylation is 1. The molecule has 5 rings (SSSR count). The van der Waals surface area contributed by atoms with E-state index in [1.165, 1.54) is 19.3 Å². The first-order chi connectivity index (χ1) is 14.1. The molecule has 3 heterocycles. The van der Waals surface area contributed by atoms with Crippen molar-refractivity contribution in [3.05, 3.63) is 69.2 Å². The number of rotatable bonds is 3. The third-order valence-electron chi connectivity index (χ3n) is 5.74. The Hall–Kier alpha value is -2.77. The van der Waals surface area contributed by atoms with Gasteiger partial charge in [-0.1, -0.05) is 36.8 Å². The molecule has 0 N–H and O–H groups in total. The summed E-state index contributed by atoms with van der Waals surface area (Å²) in [4.78, 5) is 15.8. The lowest BCUT2D eigenvalue weighted by Gasteiger charge is -2.25. The molecule has 148 valence electrons. The number of nitrogens with zero attached hydrogens (tertiary/aromatic N) is 5. The topological polar surface area (TPSA) is 47.5 Å². The lowest BCUT2D eigenvalue weighted by molar-refractivity contribution is 0.172. The van der Waals surface area contributed by atoms with E-state index < -0.39 is 0 Å². The summed E-state index contributed by atoms with van der Waals surface area (Å²) < 4.78 is 6.10. The van der Waals surface area contributed by atoms with E-state index in [9.17, 15) is 4.79 Å². The van der Waals surface area contributed by atoms with Gasteiger partial charge in [0, 0.05) is 0 Å². The summed E-state index contributed by atoms with van der Waals surface area (Å²) in [6, 6.07) is 15.5. The molecule has 7 heteroatoms. The van der Waals surface area contributed by atoms with E-state index >= 15 is 0 Å². The van der Waals surface area contributed by atoms with Crippen molar-refractivity contribution in [3.8, 4) is 5.69 Å². The van der Waals surface area contributed by atoms with E-state index in [1.54, 1.807) is 4.57 Å². The fourth-order valence-corrected chi connectivity index (χ4v) is 4.51. The molecule has 0 bridgehead atoms. The summed E-state index contributed by atoms with van der Waals surface area (Å²) in [5.74, 6) is 0.560. The van der Waals surface area contributed by atoms with E-state index in [0.717, 1.165) is 29.9 Å². The average Bonchev–Trinajstić information content (AvgIpc) is 3.06. The van der Waals surface area contributed by atoms with Crippen LogP contribution in [0.4, 0.5) is 0 Å². The first-order valence-corrected chi connectivity index (χ1v) is 10.5. The minimum atomic E-state index is -0.0764. The van der Waals surface area contributed by atoms with Gasteiger partial charge in [-0.05, 0) is 68.8 Å². The van der Waals surface area contributed by atoms with Gasteiger partial charge in [0.25, 0.3) is 5.56 Å². The van der Waals surface area contributed by atoms with Crippen LogP contribution in [-0.2, 0) is 6.67 Å². The van der Waals surface area contributed by atoms with Gasteiger partial charge in [-0.3, -0.25) is 14.1 Å². The molecule has 0 radical (unpaired) electrons. The van der Waals surface area contributed by atoms with Crippen molar-refractivity contribution in [2.24, 2.45) is 0 Å². The first-order valence-electron chi connectivity index (χ1n) is 10.1. The Labute approximate surface area is 173 Å². The number of hydrogen-bond donors (Lipinski definition) is 0. The van der Waals surface area contributed by atoms with Crippen LogP contribution < -0.4 is 5.56 Å². The maximum atomic E-state index is 13.5. The van der Waals surface area contributed by atoms with Gasteiger partial charge in [0.2, 0.25) is 10.5 Å². The van der Waals surface area contributed by atoms with Crippen LogP contribution in [0.25, 0.3) is 22.4 Å². The molecule has 2 aromatic carbocycles. The molecule has 1 saturated heterocycles. The highest BCUT2D eigenvalue weighted by Crippen LogP contribution is 2.20. The first kappa shape index (κ1) is 18.3. The zero-order chi connectivity index (χ0) is 20.0. The Morgan fingerprint density at radius 1 is 1.00 bits per heavy atom. The van der Waals surface area contributed by atoms with Crippen molar-refractivity contribution in [1.82, 2.24) is 23.6 Å². The number of likely N-dealkylation sites (tertiary alicyclic amines) is 1. The highest BCUT2D eigenvalue weighted by Gasteiger charge is 2.19. The third-order valence-corrected chi connectivity index (χ3v) is 6.13. The molecular weight excluding hydrogens is 382 g/mol. The molecule has 1 aliphatic heterocycles. The minimum Gasteiger partial charge on any atom is -0.284 e. The number of fused-ring (bicyclic) bond motifs is 3. The van der Waals surface area contributed by atoms with E-state index in [-0.39, 0.29) is 5.56 Å². The lowest BCUT2D eigenvalue weighted by atomic mass is 10.1. The number of aromatic nitrogens is 4. The minimum absolute atomic E-state index is 0.0764. The van der Waals surface area contributed by atoms with Crippen LogP contribution in [-0.4, -0.2) is 36.7 Å². The molecule has 1 fully saturated rings. The van der Waals surface area contributed by atoms with Crippen LogP contribution in [0.5, 0.6) is 0 Å². The zero-order valence-electron chi connectivity index (χ0n) is 16.4. The van der Waals surface area contributed by atoms with E-state index in [0.29, 0.717) is 22.6 Å². The van der Waals surface area contributed by atoms with Crippen LogP contribution in [0.2, 0.25) is 0 Å². The quantitative estimate of drug-likeness (QED) is 0.485. The van der Waals surface area contributed by atoms with Crippen molar-refractivity contribution in [2.75, 3.05) is 13.1 Å². The van der Waals surface area contributed by atoms with Gasteiger partial charge in [-0.2, -0.15) is 0 Å². The van der Waals surface area contributed by atoms with Gasteiger partial charge in [0.15, 0.2) is 0 Å². The van der Waals surface area contributed by atoms with E-state index in [4.69, 9.17) is 17.3 Å². The normalized spacial score (nSPS) is 15.3. The van der Waals surface area contributed by atoms with E-state index in [1.807, 2.05) is 64.5 Å². The molecule has 6 nitrogen and oxygen atoms in total. The Morgan fingerprint density at radius 3 is 2.52 bits per heavy atom. The van der Waals surface area contributed by atoms with Crippen LogP contribution in [0.1, 0.15) is 24.8 Å². The van der Waals surface area contributed by atoms with Gasteiger partial charge in [-0.25, -0.2) is 9.25 Å². The van der Waals surface area contributed by atoms with Gasteiger partial charge >= 0.3 is 0 Å². The number of benzene rings is 2. The van der Waals surface area contributed by atoms with Gasteiger partial charge in [0.1, 0.15) is 0 Å². The maximum Gasteiger partial charge on any atom is 0.267 e. The molecule has 0 aliphatic carbocycles. The van der Waals surface area contributed by atoms with Crippen LogP contribution in [0.3, 0.4) is 0 Å². The smallest absolute Gasteiger partial charge is 0.267 e. The predicted molar refractivity (Wildman–Crippen MR) is 117 cm³/mol. The molecule has 0 spiro atoms. The number of para-hydroxylation sites is 2. The SMILES string of the molecule is Cc1ccccc1-n1c(=O)c2ccccc2n2c(=S)n(CN3CCCCC3)nc12. The van der Waals surface area contributed by atoms with Crippen molar-refractivity contribution in [1.29, 1.82) is 0 Å². The molecular formula is C22H23N5OS. The molecule has 4 aromatic rings. The van der Waals surface area contributed by atoms with Crippen molar-refractivity contribution in [3.63, 3.8) is 0 Å². The van der Waals surface area contributed by atoms with Crippen LogP contribution in [0, 0.1) is 11.7 Å². The second kappa shape index (κ2) is 7.24. The Balaban J connectivity index is 1.82. The summed E-state index contributed by atoms with van der Waals surface area (Å²) in [5.41, 5.74) is 2.57. The third kappa shape index (κ3) is 3.01. The molecule has 0 unspecified atom stereocenters. The average molecular weight is 406 g/mol. The summed E-state index contributed by atoms with van der Waals surface area (Å²) >= 11 is 5.83. The summed E-state index contributed by atoms with van der Waals surface area (Å²) in [7, 11) is 0. The summed E-state index contributed by atoms with van der Waals surface area (Å²) in [6.07, 6.45) is 3.69. The van der Waals surface area contributed by atoms with Gasteiger partial charge < -0.3 is 0 Å². The molecule has 0 atom stereocenters. The van der Waals surface area contributed by atoms with Crippen molar-refractivity contribution < 1.29 is 0 Å². The van der Waals surface area contributed by atoms with Gasteiger partial charge in [0.05, 0.1) is 23.3 Å². The molecule has 0 saturated carbocycles. The number of piperidine rings is 1. The second-order valence-corrected chi connectivity index (χ2v) is 8.05. The van der Waals surface area contributed by atoms with E-state index in [2.05, 4.69) is 4.90 Å². The largest absolute Gasteiger partial charge is 0.284 e. The van der Waals surface area contributed by atoms with Crippen molar-refractivity contribution in [2.45, 2.75) is 32.9 Å². The van der Waals surface area contributed by atoms with Crippen LogP contribution >= 0.6 is 12.2 Å². The maximum absolute atomic E-state index is 13.5. The van der Waals surface area contributed by atoms with Crippen molar-refractivity contribution >= 4 is 28.9 Å². The molecule has 0 amide bonds. The zero-order valence-corrected chi connectivity index (χ0v) is 17.2. The molecule has 1 aliphatic rings. The molecule has 2 aromatic heterocycles. The number of hydrogen-bond acceptors (Lipinski definition) is 4. The highest BCUT2D eigenvalue weighted by molar-refractivity contribution is 7.71. The van der Waals surface area contributed by atoms with Crippen LogP contribution in [0.15, 0.2) is 53.3 Å². The monoisotopic (exact) mass is 405 g/mol. The summed E-state index contributed by atoms with van der Waals surface area (Å²) in [5, 5.41) is 5.47. The standard InChI is InChI=1S/C22H23N5OS/c1-16-9-3-5-11-18(16)26-20(28)17-10-4-6-12-19(17)27-21(26)23-25(22(27)29)15-24-13-7-2-8-14-24/h3-6,9-12H,2,7-8,13-15H2,1H3. The Kier molecular flexibility index (Phi) is 4.56. The van der Waals surface area contributed by atoms with Gasteiger partial charge in [-0.15, -0.1) is 5.10 Å². The molecule has 29 heavy (non-hydrogen) atoms. The fraction of sp³-hybridized carbons (Fsp3) is 0.318. The fourth-order valence-electron chi connectivity index (χ4n) is 4.23. The Morgan fingerprint density at radius 2 is 1.72 bits per heavy atom. The summed E-state index contributed by atoms with van der Waals surface area (Å²) in [6.45, 7) is 4.77. The Bertz CT molecular complexity index is 1330. The highest BCUT2D eigenvalue weighted by atomic mass is 32.1. The predicted octanol–water partition coefficient (Wildman–Crippen LogP) is 3.92. The lowest BCUT2D eigenvalue weighted by Crippen LogP contribution is -2.32.